The van der Waals surface area contributed by atoms with Crippen LogP contribution in [-0.4, -0.2) is 29.1 Å². The standard InChI is InChI=1S/C13H15NO2S/c1-3-7-17-8-6-14-13(16)11-4-5-12(15)10(2)9-11/h1,4-5,9,15H,6-8H2,2H3,(H,14,16). The summed E-state index contributed by atoms with van der Waals surface area (Å²) in [5, 5.41) is 12.1. The van der Waals surface area contributed by atoms with Gasteiger partial charge in [0.05, 0.1) is 5.75 Å². The van der Waals surface area contributed by atoms with Gasteiger partial charge in [0.1, 0.15) is 5.75 Å². The van der Waals surface area contributed by atoms with Crippen molar-refractivity contribution in [3.05, 3.63) is 29.3 Å². The first-order valence-corrected chi connectivity index (χ1v) is 6.39. The van der Waals surface area contributed by atoms with Crippen LogP contribution in [0.4, 0.5) is 0 Å². The van der Waals surface area contributed by atoms with Crippen molar-refractivity contribution in [2.75, 3.05) is 18.1 Å². The number of benzene rings is 1. The fourth-order valence-electron chi connectivity index (χ4n) is 1.27. The molecule has 0 aliphatic carbocycles. The van der Waals surface area contributed by atoms with Crippen molar-refractivity contribution in [1.82, 2.24) is 5.32 Å². The topological polar surface area (TPSA) is 49.3 Å². The lowest BCUT2D eigenvalue weighted by atomic mass is 10.1. The molecule has 0 fully saturated rings. The van der Waals surface area contributed by atoms with Crippen LogP contribution in [0, 0.1) is 19.3 Å². The molecule has 3 nitrogen and oxygen atoms in total. The van der Waals surface area contributed by atoms with Gasteiger partial charge in [-0.15, -0.1) is 18.2 Å². The maximum Gasteiger partial charge on any atom is 0.251 e. The second-order valence-corrected chi connectivity index (χ2v) is 4.62. The third-order valence-electron chi connectivity index (χ3n) is 2.18. The molecule has 4 heteroatoms. The van der Waals surface area contributed by atoms with Crippen LogP contribution in [0.2, 0.25) is 0 Å². The van der Waals surface area contributed by atoms with Gasteiger partial charge >= 0.3 is 0 Å². The average molecular weight is 249 g/mol. The highest BCUT2D eigenvalue weighted by atomic mass is 32.2. The maximum atomic E-state index is 11.7. The molecule has 1 rings (SSSR count). The van der Waals surface area contributed by atoms with Crippen LogP contribution in [0.5, 0.6) is 5.75 Å². The van der Waals surface area contributed by atoms with Gasteiger partial charge < -0.3 is 10.4 Å². The third-order valence-corrected chi connectivity index (χ3v) is 3.04. The molecule has 0 unspecified atom stereocenters. The number of carbonyl (C=O) groups excluding carboxylic acids is 1. The molecule has 17 heavy (non-hydrogen) atoms. The number of nitrogens with one attached hydrogen (secondary N) is 1. The molecule has 1 aromatic rings. The van der Waals surface area contributed by atoms with Gasteiger partial charge in [-0.1, -0.05) is 5.92 Å². The Bertz CT molecular complexity index is 438. The molecule has 1 aromatic carbocycles. The molecule has 0 heterocycles. The van der Waals surface area contributed by atoms with Crippen molar-refractivity contribution >= 4 is 17.7 Å². The van der Waals surface area contributed by atoms with E-state index in [9.17, 15) is 9.90 Å². The van der Waals surface area contributed by atoms with E-state index in [2.05, 4.69) is 11.2 Å². The fourth-order valence-corrected chi connectivity index (χ4v) is 1.78. The summed E-state index contributed by atoms with van der Waals surface area (Å²) >= 11 is 1.61. The Balaban J connectivity index is 2.42. The van der Waals surface area contributed by atoms with Crippen molar-refractivity contribution < 1.29 is 9.90 Å². The zero-order chi connectivity index (χ0) is 12.7. The number of aromatic hydroxyl groups is 1. The summed E-state index contributed by atoms with van der Waals surface area (Å²) in [4.78, 5) is 11.7. The highest BCUT2D eigenvalue weighted by molar-refractivity contribution is 7.99. The molecule has 0 aliphatic rings. The largest absolute Gasteiger partial charge is 0.508 e. The number of thioether (sulfide) groups is 1. The SMILES string of the molecule is C#CCSCCNC(=O)c1ccc(O)c(C)c1. The molecule has 2 N–H and O–H groups in total. The highest BCUT2D eigenvalue weighted by Crippen LogP contribution is 2.16. The average Bonchev–Trinajstić information content (AvgIpc) is 2.32. The quantitative estimate of drug-likeness (QED) is 0.618. The number of aryl methyl sites for hydroxylation is 1. The molecule has 0 atom stereocenters. The van der Waals surface area contributed by atoms with Crippen LogP contribution in [0.25, 0.3) is 0 Å². The summed E-state index contributed by atoms with van der Waals surface area (Å²) < 4.78 is 0. The van der Waals surface area contributed by atoms with Crippen LogP contribution in [0.3, 0.4) is 0 Å². The minimum atomic E-state index is -0.130. The molecule has 0 aromatic heterocycles. The van der Waals surface area contributed by atoms with E-state index in [4.69, 9.17) is 6.42 Å². The fraction of sp³-hybridized carbons (Fsp3) is 0.308. The number of hydrogen-bond donors (Lipinski definition) is 2. The first-order valence-electron chi connectivity index (χ1n) is 5.24. The van der Waals surface area contributed by atoms with Gasteiger partial charge in [-0.05, 0) is 30.7 Å². The molecule has 0 bridgehead atoms. The Hall–Kier alpha value is -1.60. The highest BCUT2D eigenvalue weighted by Gasteiger charge is 2.06. The van der Waals surface area contributed by atoms with Gasteiger partial charge in [-0.3, -0.25) is 4.79 Å². The zero-order valence-corrected chi connectivity index (χ0v) is 10.5. The summed E-state index contributed by atoms with van der Waals surface area (Å²) in [5.74, 6) is 4.05. The summed E-state index contributed by atoms with van der Waals surface area (Å²) in [6, 6.07) is 4.79. The van der Waals surface area contributed by atoms with Crippen LogP contribution in [0.1, 0.15) is 15.9 Å². The lowest BCUT2D eigenvalue weighted by Gasteiger charge is -2.06. The molecular weight excluding hydrogens is 234 g/mol. The predicted octanol–water partition coefficient (Wildman–Crippen LogP) is 1.80. The summed E-state index contributed by atoms with van der Waals surface area (Å²) in [7, 11) is 0. The van der Waals surface area contributed by atoms with E-state index >= 15 is 0 Å². The van der Waals surface area contributed by atoms with Gasteiger partial charge in [-0.2, -0.15) is 0 Å². The summed E-state index contributed by atoms with van der Waals surface area (Å²) in [6.45, 7) is 2.35. The summed E-state index contributed by atoms with van der Waals surface area (Å²) in [6.07, 6.45) is 5.11. The predicted molar refractivity (Wildman–Crippen MR) is 71.3 cm³/mol. The lowest BCUT2D eigenvalue weighted by molar-refractivity contribution is 0.0956. The van der Waals surface area contributed by atoms with Crippen molar-refractivity contribution in [2.45, 2.75) is 6.92 Å². The normalized spacial score (nSPS) is 9.65. The second kappa shape index (κ2) is 6.87. The molecule has 90 valence electrons. The van der Waals surface area contributed by atoms with E-state index in [-0.39, 0.29) is 11.7 Å². The monoisotopic (exact) mass is 249 g/mol. The minimum Gasteiger partial charge on any atom is -0.508 e. The molecule has 0 aliphatic heterocycles. The van der Waals surface area contributed by atoms with E-state index in [1.165, 1.54) is 6.07 Å². The van der Waals surface area contributed by atoms with Gasteiger partial charge in [0, 0.05) is 17.9 Å². The number of rotatable bonds is 5. The second-order valence-electron chi connectivity index (χ2n) is 3.51. The van der Waals surface area contributed by atoms with Crippen LogP contribution >= 0.6 is 11.8 Å². The lowest BCUT2D eigenvalue weighted by Crippen LogP contribution is -2.25. The van der Waals surface area contributed by atoms with E-state index in [0.29, 0.717) is 23.4 Å². The number of phenols is 1. The maximum absolute atomic E-state index is 11.7. The van der Waals surface area contributed by atoms with Gasteiger partial charge in [0.2, 0.25) is 0 Å². The van der Waals surface area contributed by atoms with E-state index in [1.807, 2.05) is 0 Å². The number of carbonyl (C=O) groups is 1. The number of phenolic OH excluding ortho intramolecular Hbond substituents is 1. The smallest absolute Gasteiger partial charge is 0.251 e. The van der Waals surface area contributed by atoms with E-state index in [0.717, 1.165) is 5.75 Å². The van der Waals surface area contributed by atoms with Crippen LogP contribution in [-0.2, 0) is 0 Å². The Morgan fingerprint density at radius 2 is 2.35 bits per heavy atom. The van der Waals surface area contributed by atoms with E-state index in [1.54, 1.807) is 30.8 Å². The molecule has 0 saturated heterocycles. The first kappa shape index (κ1) is 13.5. The van der Waals surface area contributed by atoms with Crippen molar-refractivity contribution in [2.24, 2.45) is 0 Å². The Kier molecular flexibility index (Phi) is 5.44. The number of hydrogen-bond acceptors (Lipinski definition) is 3. The summed E-state index contributed by atoms with van der Waals surface area (Å²) in [5.41, 5.74) is 1.25. The third kappa shape index (κ3) is 4.41. The Morgan fingerprint density at radius 3 is 3.00 bits per heavy atom. The van der Waals surface area contributed by atoms with Gasteiger partial charge in [-0.25, -0.2) is 0 Å². The number of amides is 1. The zero-order valence-electron chi connectivity index (χ0n) is 9.69. The van der Waals surface area contributed by atoms with Crippen molar-refractivity contribution in [1.29, 1.82) is 0 Å². The Labute approximate surface area is 106 Å². The molecule has 0 radical (unpaired) electrons. The van der Waals surface area contributed by atoms with Gasteiger partial charge in [0.25, 0.3) is 5.91 Å². The van der Waals surface area contributed by atoms with Crippen molar-refractivity contribution in [3.8, 4) is 18.1 Å². The number of terminal acetylenes is 1. The first-order chi connectivity index (χ1) is 8.15. The van der Waals surface area contributed by atoms with Crippen molar-refractivity contribution in [3.63, 3.8) is 0 Å². The Morgan fingerprint density at radius 1 is 1.59 bits per heavy atom. The molecular formula is C13H15NO2S. The van der Waals surface area contributed by atoms with Gasteiger partial charge in [0.15, 0.2) is 0 Å². The minimum absolute atomic E-state index is 0.130. The molecule has 0 spiro atoms. The molecule has 0 saturated carbocycles. The van der Waals surface area contributed by atoms with Crippen LogP contribution in [0.15, 0.2) is 18.2 Å². The molecule has 1 amide bonds. The van der Waals surface area contributed by atoms with E-state index < -0.39 is 0 Å². The van der Waals surface area contributed by atoms with Crippen LogP contribution < -0.4 is 5.32 Å².